The first-order valence-electron chi connectivity index (χ1n) is 7.45. The molecule has 1 heterocycles. The van der Waals surface area contributed by atoms with Gasteiger partial charge in [0, 0.05) is 30.7 Å². The third-order valence-corrected chi connectivity index (χ3v) is 3.78. The number of benzene rings is 1. The Kier molecular flexibility index (Phi) is 5.69. The Hall–Kier alpha value is -2.68. The van der Waals surface area contributed by atoms with Gasteiger partial charge < -0.3 is 20.5 Å². The standard InChI is InChI=1S/C15H19N3O6/c1-23-12-5-4-10(18(21)22)7-9(12)8-11(14(16)19)17-15(20)13-3-2-6-24-13/h4-5,7,11,13H,2-3,6,8H2,1H3,(H2,16,19)(H,17,20)/t11-,13-/m1/s1. The van der Waals surface area contributed by atoms with E-state index >= 15 is 0 Å². The minimum atomic E-state index is -1.02. The molecule has 0 unspecified atom stereocenters. The normalized spacial score (nSPS) is 18.0. The Morgan fingerprint density at radius 1 is 1.54 bits per heavy atom. The van der Waals surface area contributed by atoms with E-state index < -0.39 is 28.9 Å². The van der Waals surface area contributed by atoms with Crippen molar-refractivity contribution in [3.8, 4) is 5.75 Å². The van der Waals surface area contributed by atoms with Gasteiger partial charge in [0.05, 0.1) is 12.0 Å². The molecule has 0 spiro atoms. The Labute approximate surface area is 138 Å². The number of nitrogens with two attached hydrogens (primary N) is 1. The number of amides is 2. The number of carbonyl (C=O) groups excluding carboxylic acids is 2. The number of non-ortho nitro benzene ring substituents is 1. The molecule has 3 N–H and O–H groups in total. The maximum Gasteiger partial charge on any atom is 0.269 e. The van der Waals surface area contributed by atoms with Crippen LogP contribution in [-0.2, 0) is 20.7 Å². The molecule has 0 aliphatic carbocycles. The van der Waals surface area contributed by atoms with Crippen LogP contribution in [0.4, 0.5) is 5.69 Å². The smallest absolute Gasteiger partial charge is 0.269 e. The summed E-state index contributed by atoms with van der Waals surface area (Å²) in [6, 6.07) is 3.02. The summed E-state index contributed by atoms with van der Waals surface area (Å²) in [5, 5.41) is 13.5. The molecule has 2 atom stereocenters. The van der Waals surface area contributed by atoms with E-state index in [2.05, 4.69) is 5.32 Å². The zero-order valence-corrected chi connectivity index (χ0v) is 13.2. The first-order chi connectivity index (χ1) is 11.4. The van der Waals surface area contributed by atoms with Crippen molar-refractivity contribution >= 4 is 17.5 Å². The average molecular weight is 337 g/mol. The molecular weight excluding hydrogens is 318 g/mol. The first-order valence-corrected chi connectivity index (χ1v) is 7.45. The second-order valence-corrected chi connectivity index (χ2v) is 5.42. The fourth-order valence-electron chi connectivity index (χ4n) is 2.53. The van der Waals surface area contributed by atoms with Gasteiger partial charge in [0.2, 0.25) is 11.8 Å². The molecule has 130 valence electrons. The molecule has 1 aliphatic heterocycles. The lowest BCUT2D eigenvalue weighted by Gasteiger charge is -2.19. The van der Waals surface area contributed by atoms with Crippen molar-refractivity contribution in [3.05, 3.63) is 33.9 Å². The minimum absolute atomic E-state index is 0.0152. The largest absolute Gasteiger partial charge is 0.496 e. The summed E-state index contributed by atoms with van der Waals surface area (Å²) in [5.41, 5.74) is 5.62. The van der Waals surface area contributed by atoms with Crippen LogP contribution in [0.1, 0.15) is 18.4 Å². The molecule has 9 heteroatoms. The summed E-state index contributed by atoms with van der Waals surface area (Å²) in [4.78, 5) is 34.1. The summed E-state index contributed by atoms with van der Waals surface area (Å²) in [6.07, 6.45) is 0.743. The third kappa shape index (κ3) is 4.19. The molecule has 0 bridgehead atoms. The van der Waals surface area contributed by atoms with E-state index in [1.807, 2.05) is 0 Å². The zero-order valence-electron chi connectivity index (χ0n) is 13.2. The number of hydrogen-bond acceptors (Lipinski definition) is 6. The van der Waals surface area contributed by atoms with Gasteiger partial charge in [-0.25, -0.2) is 0 Å². The predicted octanol–water partition coefficient (Wildman–Crippen LogP) is 0.295. The van der Waals surface area contributed by atoms with Gasteiger partial charge in [-0.15, -0.1) is 0 Å². The monoisotopic (exact) mass is 337 g/mol. The minimum Gasteiger partial charge on any atom is -0.496 e. The fourth-order valence-corrected chi connectivity index (χ4v) is 2.53. The van der Waals surface area contributed by atoms with Crippen LogP contribution in [0, 0.1) is 10.1 Å². The highest BCUT2D eigenvalue weighted by Crippen LogP contribution is 2.25. The number of primary amides is 1. The summed E-state index contributed by atoms with van der Waals surface area (Å²) >= 11 is 0. The van der Waals surface area contributed by atoms with Gasteiger partial charge in [-0.05, 0) is 18.9 Å². The number of nitro benzene ring substituents is 1. The van der Waals surface area contributed by atoms with Gasteiger partial charge in [0.25, 0.3) is 5.69 Å². The number of ether oxygens (including phenoxy) is 2. The molecule has 9 nitrogen and oxygen atoms in total. The molecule has 24 heavy (non-hydrogen) atoms. The fraction of sp³-hybridized carbons (Fsp3) is 0.467. The highest BCUT2D eigenvalue weighted by atomic mass is 16.6. The van der Waals surface area contributed by atoms with Gasteiger partial charge in [-0.2, -0.15) is 0 Å². The Bertz CT molecular complexity index is 642. The van der Waals surface area contributed by atoms with Crippen LogP contribution < -0.4 is 15.8 Å². The number of carbonyl (C=O) groups is 2. The van der Waals surface area contributed by atoms with Crippen LogP contribution in [0.15, 0.2) is 18.2 Å². The zero-order chi connectivity index (χ0) is 17.7. The van der Waals surface area contributed by atoms with Crippen molar-refractivity contribution in [3.63, 3.8) is 0 Å². The van der Waals surface area contributed by atoms with E-state index in [4.69, 9.17) is 15.2 Å². The van der Waals surface area contributed by atoms with Crippen LogP contribution in [0.5, 0.6) is 5.75 Å². The van der Waals surface area contributed by atoms with E-state index in [1.165, 1.54) is 25.3 Å². The number of nitrogens with one attached hydrogen (secondary N) is 1. The van der Waals surface area contributed by atoms with Crippen molar-refractivity contribution in [2.24, 2.45) is 5.73 Å². The lowest BCUT2D eigenvalue weighted by Crippen LogP contribution is -2.49. The topological polar surface area (TPSA) is 134 Å². The lowest BCUT2D eigenvalue weighted by atomic mass is 10.0. The quantitative estimate of drug-likeness (QED) is 0.543. The second kappa shape index (κ2) is 7.73. The molecule has 0 saturated carbocycles. The molecule has 2 rings (SSSR count). The number of methoxy groups -OCH3 is 1. The van der Waals surface area contributed by atoms with Crippen molar-refractivity contribution < 1.29 is 24.0 Å². The molecule has 0 radical (unpaired) electrons. The van der Waals surface area contributed by atoms with Crippen molar-refractivity contribution in [2.45, 2.75) is 31.4 Å². The maximum atomic E-state index is 12.1. The van der Waals surface area contributed by atoms with E-state index in [9.17, 15) is 19.7 Å². The van der Waals surface area contributed by atoms with E-state index in [0.29, 0.717) is 24.3 Å². The van der Waals surface area contributed by atoms with E-state index in [0.717, 1.165) is 6.42 Å². The summed E-state index contributed by atoms with van der Waals surface area (Å²) in [5.74, 6) is -0.784. The van der Waals surface area contributed by atoms with E-state index in [1.54, 1.807) is 0 Å². The molecule has 1 saturated heterocycles. The van der Waals surface area contributed by atoms with Crippen LogP contribution in [0.3, 0.4) is 0 Å². The SMILES string of the molecule is COc1ccc([N+](=O)[O-])cc1C[C@@H](NC(=O)[C@H]1CCCO1)C(N)=O. The maximum absolute atomic E-state index is 12.1. The average Bonchev–Trinajstić information content (AvgIpc) is 3.08. The summed E-state index contributed by atoms with van der Waals surface area (Å²) in [7, 11) is 1.41. The van der Waals surface area contributed by atoms with Gasteiger partial charge >= 0.3 is 0 Å². The van der Waals surface area contributed by atoms with Crippen LogP contribution >= 0.6 is 0 Å². The second-order valence-electron chi connectivity index (χ2n) is 5.42. The molecule has 2 amide bonds. The van der Waals surface area contributed by atoms with Gasteiger partial charge in [0.1, 0.15) is 17.9 Å². The highest BCUT2D eigenvalue weighted by molar-refractivity contribution is 5.88. The summed E-state index contributed by atoms with van der Waals surface area (Å²) in [6.45, 7) is 0.498. The molecular formula is C15H19N3O6. The van der Waals surface area contributed by atoms with Gasteiger partial charge in [0.15, 0.2) is 0 Å². The van der Waals surface area contributed by atoms with Gasteiger partial charge in [-0.3, -0.25) is 19.7 Å². The van der Waals surface area contributed by atoms with Crippen molar-refractivity contribution in [1.29, 1.82) is 0 Å². The molecule has 1 aromatic rings. The third-order valence-electron chi connectivity index (χ3n) is 3.78. The first kappa shape index (κ1) is 17.7. The van der Waals surface area contributed by atoms with Crippen LogP contribution in [-0.4, -0.2) is 42.6 Å². The predicted molar refractivity (Wildman–Crippen MR) is 83.5 cm³/mol. The Morgan fingerprint density at radius 3 is 2.83 bits per heavy atom. The summed E-state index contributed by atoms with van der Waals surface area (Å²) < 4.78 is 10.4. The number of hydrogen-bond donors (Lipinski definition) is 2. The van der Waals surface area contributed by atoms with Gasteiger partial charge in [-0.1, -0.05) is 0 Å². The van der Waals surface area contributed by atoms with Crippen molar-refractivity contribution in [1.82, 2.24) is 5.32 Å². The number of nitro groups is 1. The van der Waals surface area contributed by atoms with Crippen LogP contribution in [0.25, 0.3) is 0 Å². The Balaban J connectivity index is 2.17. The molecule has 1 aliphatic rings. The lowest BCUT2D eigenvalue weighted by molar-refractivity contribution is -0.384. The Morgan fingerprint density at radius 2 is 2.29 bits per heavy atom. The van der Waals surface area contributed by atoms with Crippen LogP contribution in [0.2, 0.25) is 0 Å². The van der Waals surface area contributed by atoms with Crippen molar-refractivity contribution in [2.75, 3.05) is 13.7 Å². The number of rotatable bonds is 7. The highest BCUT2D eigenvalue weighted by Gasteiger charge is 2.28. The molecule has 0 aromatic heterocycles. The molecule has 1 fully saturated rings. The number of nitrogens with zero attached hydrogens (tertiary/aromatic N) is 1. The molecule has 1 aromatic carbocycles. The van der Waals surface area contributed by atoms with E-state index in [-0.39, 0.29) is 12.1 Å².